The van der Waals surface area contributed by atoms with Gasteiger partial charge in [0.25, 0.3) is 5.91 Å². The van der Waals surface area contributed by atoms with Gasteiger partial charge in [-0.2, -0.15) is 0 Å². The van der Waals surface area contributed by atoms with Gasteiger partial charge < -0.3 is 5.32 Å². The number of unbranched alkanes of at least 4 members (excludes halogenated alkanes) is 2. The van der Waals surface area contributed by atoms with Crippen molar-refractivity contribution >= 4 is 45.7 Å². The van der Waals surface area contributed by atoms with Crippen molar-refractivity contribution in [2.45, 2.75) is 43.9 Å². The Morgan fingerprint density at radius 1 is 1.32 bits per heavy atom. The van der Waals surface area contributed by atoms with E-state index in [0.717, 1.165) is 34.9 Å². The number of anilines is 2. The smallest absolute Gasteiger partial charge is 0.257 e. The Hall–Kier alpha value is -1.93. The van der Waals surface area contributed by atoms with E-state index in [1.807, 2.05) is 6.07 Å². The second kappa shape index (κ2) is 8.44. The number of thioether (sulfide) groups is 1. The van der Waals surface area contributed by atoms with Crippen LogP contribution < -0.4 is 10.6 Å². The van der Waals surface area contributed by atoms with Crippen molar-refractivity contribution in [1.29, 1.82) is 0 Å². The van der Waals surface area contributed by atoms with Gasteiger partial charge in [0, 0.05) is 29.1 Å². The number of nitrogens with zero attached hydrogens (tertiary/aromatic N) is 2. The molecule has 2 heterocycles. The minimum Gasteiger partial charge on any atom is -0.325 e. The molecule has 0 atom stereocenters. The molecule has 2 amide bonds. The number of rotatable bonds is 6. The fourth-order valence-corrected chi connectivity index (χ4v) is 4.18. The summed E-state index contributed by atoms with van der Waals surface area (Å²) in [5.41, 5.74) is 1.18. The van der Waals surface area contributed by atoms with Crippen LogP contribution in [0.15, 0.2) is 23.1 Å². The van der Waals surface area contributed by atoms with Crippen LogP contribution in [-0.2, 0) is 11.2 Å². The van der Waals surface area contributed by atoms with Gasteiger partial charge in [0.15, 0.2) is 0 Å². The number of aryl methyl sites for hydroxylation is 1. The van der Waals surface area contributed by atoms with Gasteiger partial charge in [-0.15, -0.1) is 22.0 Å². The Labute approximate surface area is 154 Å². The van der Waals surface area contributed by atoms with E-state index in [2.05, 4.69) is 27.8 Å². The predicted octanol–water partition coefficient (Wildman–Crippen LogP) is 3.96. The van der Waals surface area contributed by atoms with E-state index in [1.165, 1.54) is 17.8 Å². The molecule has 2 N–H and O–H groups in total. The molecule has 1 aliphatic rings. The second-order valence-corrected chi connectivity index (χ2v) is 7.97. The molecule has 1 aromatic carbocycles. The van der Waals surface area contributed by atoms with E-state index in [1.54, 1.807) is 23.9 Å². The normalized spacial score (nSPS) is 13.7. The van der Waals surface area contributed by atoms with Gasteiger partial charge in [0.1, 0.15) is 5.01 Å². The van der Waals surface area contributed by atoms with Crippen LogP contribution in [0.25, 0.3) is 0 Å². The molecule has 0 aliphatic carbocycles. The maximum atomic E-state index is 12.4. The van der Waals surface area contributed by atoms with Crippen LogP contribution in [0.5, 0.6) is 0 Å². The maximum Gasteiger partial charge on any atom is 0.257 e. The minimum atomic E-state index is -0.248. The number of hydrogen-bond acceptors (Lipinski definition) is 6. The van der Waals surface area contributed by atoms with Gasteiger partial charge in [0.2, 0.25) is 11.0 Å². The summed E-state index contributed by atoms with van der Waals surface area (Å²) in [4.78, 5) is 25.1. The standard InChI is InChI=1S/C17H20N4O2S2/c1-2-3-4-5-15-20-21-17(25-15)19-16(23)11-6-7-13-12(10-11)18-14(22)8-9-24-13/h6-7,10H,2-5,8-9H2,1H3,(H,18,22)(H,19,21,23). The fraction of sp³-hybridized carbons (Fsp3) is 0.412. The van der Waals surface area contributed by atoms with Crippen molar-refractivity contribution < 1.29 is 9.59 Å². The summed E-state index contributed by atoms with van der Waals surface area (Å²) in [6, 6.07) is 5.35. The topological polar surface area (TPSA) is 84.0 Å². The summed E-state index contributed by atoms with van der Waals surface area (Å²) in [5, 5.41) is 15.2. The second-order valence-electron chi connectivity index (χ2n) is 5.77. The molecule has 3 rings (SSSR count). The van der Waals surface area contributed by atoms with Crippen LogP contribution >= 0.6 is 23.1 Å². The third-order valence-electron chi connectivity index (χ3n) is 3.78. The number of carbonyl (C=O) groups is 2. The Bertz CT molecular complexity index is 776. The van der Waals surface area contributed by atoms with Gasteiger partial charge in [-0.3, -0.25) is 14.9 Å². The summed E-state index contributed by atoms with van der Waals surface area (Å²) >= 11 is 3.03. The number of benzene rings is 1. The molecule has 1 aliphatic heterocycles. The molecular weight excluding hydrogens is 356 g/mol. The summed E-state index contributed by atoms with van der Waals surface area (Å²) in [6.45, 7) is 2.16. The van der Waals surface area contributed by atoms with E-state index in [-0.39, 0.29) is 11.8 Å². The van der Waals surface area contributed by atoms with Crippen molar-refractivity contribution in [2.24, 2.45) is 0 Å². The molecule has 25 heavy (non-hydrogen) atoms. The first-order valence-corrected chi connectivity index (χ1v) is 10.2. The first kappa shape index (κ1) is 17.9. The summed E-state index contributed by atoms with van der Waals surface area (Å²) in [5.74, 6) is 0.475. The zero-order valence-corrected chi connectivity index (χ0v) is 15.6. The quantitative estimate of drug-likeness (QED) is 0.746. The van der Waals surface area contributed by atoms with Crippen molar-refractivity contribution in [3.05, 3.63) is 28.8 Å². The van der Waals surface area contributed by atoms with E-state index in [4.69, 9.17) is 0 Å². The number of carbonyl (C=O) groups excluding carboxylic acids is 2. The zero-order valence-electron chi connectivity index (χ0n) is 14.0. The van der Waals surface area contributed by atoms with Gasteiger partial charge in [0.05, 0.1) is 5.69 Å². The van der Waals surface area contributed by atoms with Gasteiger partial charge >= 0.3 is 0 Å². The minimum absolute atomic E-state index is 0.0235. The highest BCUT2D eigenvalue weighted by Crippen LogP contribution is 2.31. The summed E-state index contributed by atoms with van der Waals surface area (Å²) < 4.78 is 0. The number of fused-ring (bicyclic) bond motifs is 1. The number of aromatic nitrogens is 2. The van der Waals surface area contributed by atoms with Crippen LogP contribution in [0.4, 0.5) is 10.8 Å². The first-order chi connectivity index (χ1) is 12.2. The summed E-state index contributed by atoms with van der Waals surface area (Å²) in [7, 11) is 0. The van der Waals surface area contributed by atoms with Crippen molar-refractivity contribution in [1.82, 2.24) is 10.2 Å². The van der Waals surface area contributed by atoms with Crippen LogP contribution in [0.2, 0.25) is 0 Å². The van der Waals surface area contributed by atoms with Crippen molar-refractivity contribution in [3.63, 3.8) is 0 Å². The number of nitrogens with one attached hydrogen (secondary N) is 2. The highest BCUT2D eigenvalue weighted by atomic mass is 32.2. The fourth-order valence-electron chi connectivity index (χ4n) is 2.46. The van der Waals surface area contributed by atoms with E-state index >= 15 is 0 Å². The molecule has 8 heteroatoms. The van der Waals surface area contributed by atoms with Crippen LogP contribution in [0, 0.1) is 0 Å². The molecule has 132 valence electrons. The van der Waals surface area contributed by atoms with E-state index in [9.17, 15) is 9.59 Å². The van der Waals surface area contributed by atoms with E-state index in [0.29, 0.717) is 22.8 Å². The number of amides is 2. The molecule has 0 radical (unpaired) electrons. The van der Waals surface area contributed by atoms with E-state index < -0.39 is 0 Å². The zero-order chi connectivity index (χ0) is 17.6. The van der Waals surface area contributed by atoms with Crippen LogP contribution in [0.1, 0.15) is 48.0 Å². The lowest BCUT2D eigenvalue weighted by Crippen LogP contribution is -2.14. The SMILES string of the molecule is CCCCCc1nnc(NC(=O)c2ccc3c(c2)NC(=O)CCS3)s1. The van der Waals surface area contributed by atoms with Crippen LogP contribution in [-0.4, -0.2) is 27.8 Å². The lowest BCUT2D eigenvalue weighted by Gasteiger charge is -2.08. The average Bonchev–Trinajstić information content (AvgIpc) is 2.94. The Morgan fingerprint density at radius 3 is 3.04 bits per heavy atom. The summed E-state index contributed by atoms with van der Waals surface area (Å²) in [6.07, 6.45) is 4.78. The highest BCUT2D eigenvalue weighted by Gasteiger charge is 2.16. The molecule has 0 spiro atoms. The molecule has 0 bridgehead atoms. The first-order valence-electron chi connectivity index (χ1n) is 8.36. The molecule has 0 saturated heterocycles. The molecular formula is C17H20N4O2S2. The maximum absolute atomic E-state index is 12.4. The Morgan fingerprint density at radius 2 is 2.20 bits per heavy atom. The average molecular weight is 377 g/mol. The largest absolute Gasteiger partial charge is 0.325 e. The van der Waals surface area contributed by atoms with Crippen molar-refractivity contribution in [2.75, 3.05) is 16.4 Å². The molecule has 6 nitrogen and oxygen atoms in total. The Balaban J connectivity index is 1.66. The molecule has 2 aromatic rings. The third-order valence-corrected chi connectivity index (χ3v) is 5.76. The predicted molar refractivity (Wildman–Crippen MR) is 102 cm³/mol. The molecule has 0 saturated carbocycles. The van der Waals surface area contributed by atoms with Crippen LogP contribution in [0.3, 0.4) is 0 Å². The molecule has 1 aromatic heterocycles. The molecule has 0 unspecified atom stereocenters. The third kappa shape index (κ3) is 4.79. The Kier molecular flexibility index (Phi) is 6.04. The molecule has 0 fully saturated rings. The van der Waals surface area contributed by atoms with Gasteiger partial charge in [-0.1, -0.05) is 31.1 Å². The number of hydrogen-bond donors (Lipinski definition) is 2. The van der Waals surface area contributed by atoms with Gasteiger partial charge in [-0.05, 0) is 24.6 Å². The monoisotopic (exact) mass is 376 g/mol. The highest BCUT2D eigenvalue weighted by molar-refractivity contribution is 7.99. The lowest BCUT2D eigenvalue weighted by molar-refractivity contribution is -0.115. The van der Waals surface area contributed by atoms with Crippen molar-refractivity contribution in [3.8, 4) is 0 Å². The van der Waals surface area contributed by atoms with Gasteiger partial charge in [-0.25, -0.2) is 0 Å². The lowest BCUT2D eigenvalue weighted by atomic mass is 10.2.